The fraction of sp³-hybridized carbons (Fsp3) is 0.895. The van der Waals surface area contributed by atoms with Crippen LogP contribution in [0.3, 0.4) is 0 Å². The van der Waals surface area contributed by atoms with Gasteiger partial charge in [-0.15, -0.1) is 0 Å². The molecule has 0 saturated carbocycles. The summed E-state index contributed by atoms with van der Waals surface area (Å²) in [7, 11) is 0. The standard InChI is InChI=1S/C57H97Cl2N3O31.Na/c1-4-5-6-7-8-9-10-11-12-13-14-15-16-17-28(70)27(62-51(81)50(58)59)24-84-53-43(79)41(77)45(33(22-66)87-53)89-55-44(80)49(93-57(56(82)83)18-29(71)35(60-25(2)68)48(92-57)37(73)30(72)19-63)46(34(23-67)88-55)90-52-36(61-26(3)69)47(39(75)32(21-65)85-52)91-54-42(78)40(76)38(74)31(20-64)86-54;/h16-17,27-50,52-55,63-67,70-80H,4-15,18-24H2,1-3H3,(H,60,68)(H,61,69)(H,62,81)(H,82,83);/q;+1/p-1/b17-16+;/t27-,28+,29-,30+,31+,32+,33+,34+,35+,36+,37+,38-,39-,40-,41+,42+,43+,44+,45+,46-,47+,48+,49+,52-,53+,54-,55-,57-;/m0./s1. The molecule has 0 aromatic rings. The van der Waals surface area contributed by atoms with Gasteiger partial charge in [0.15, 0.2) is 30.0 Å². The van der Waals surface area contributed by atoms with Crippen LogP contribution >= 0.6 is 23.2 Å². The number of aliphatic hydroxyl groups is 16. The summed E-state index contributed by atoms with van der Waals surface area (Å²) in [4.78, 5) is 50.0. The summed E-state index contributed by atoms with van der Waals surface area (Å²) in [5, 5.41) is 196. The average Bonchev–Trinajstić information content (AvgIpc) is 0.668. The van der Waals surface area contributed by atoms with E-state index in [9.17, 15) is 106 Å². The van der Waals surface area contributed by atoms with Crippen molar-refractivity contribution >= 4 is 46.9 Å². The summed E-state index contributed by atoms with van der Waals surface area (Å²) in [6, 6.07) is -5.05. The van der Waals surface area contributed by atoms with Gasteiger partial charge in [-0.1, -0.05) is 106 Å². The Morgan fingerprint density at radius 1 is 0.596 bits per heavy atom. The van der Waals surface area contributed by atoms with Crippen LogP contribution in [0.2, 0.25) is 0 Å². The molecule has 0 bridgehead atoms. The zero-order chi connectivity index (χ0) is 69.0. The van der Waals surface area contributed by atoms with Gasteiger partial charge < -0.3 is 155 Å². The number of halogens is 2. The molecule has 28 atom stereocenters. The van der Waals surface area contributed by atoms with Crippen LogP contribution in [0.1, 0.15) is 104 Å². The molecule has 0 aromatic carbocycles. The number of alkyl halides is 2. The Hall–Kier alpha value is -1.84. The normalized spacial score (nSPS) is 37.7. The van der Waals surface area contributed by atoms with Crippen molar-refractivity contribution in [3.63, 3.8) is 0 Å². The summed E-state index contributed by atoms with van der Waals surface area (Å²) in [6.07, 6.45) is -35.6. The molecule has 5 saturated heterocycles. The van der Waals surface area contributed by atoms with Gasteiger partial charge in [0.05, 0.1) is 63.9 Å². The van der Waals surface area contributed by atoms with Crippen molar-refractivity contribution in [1.29, 1.82) is 0 Å². The molecular weight excluding hydrogens is 1320 g/mol. The predicted molar refractivity (Wildman–Crippen MR) is 312 cm³/mol. The van der Waals surface area contributed by atoms with Gasteiger partial charge in [0.2, 0.25) is 17.6 Å². The van der Waals surface area contributed by atoms with E-state index in [0.717, 1.165) is 46.0 Å². The average molecular weight is 1410 g/mol. The third-order valence-electron chi connectivity index (χ3n) is 16.7. The molecule has 5 fully saturated rings. The Morgan fingerprint density at radius 2 is 1.09 bits per heavy atom. The number of rotatable bonds is 37. The van der Waals surface area contributed by atoms with Crippen molar-refractivity contribution in [2.75, 3.05) is 39.6 Å². The number of ether oxygens (including phenoxy) is 10. The van der Waals surface area contributed by atoms with Crippen LogP contribution in [0.4, 0.5) is 0 Å². The first-order valence-electron chi connectivity index (χ1n) is 31.2. The van der Waals surface area contributed by atoms with Gasteiger partial charge in [0.25, 0.3) is 5.91 Å². The van der Waals surface area contributed by atoms with Crippen LogP contribution in [0, 0.1) is 0 Å². The minimum Gasteiger partial charge on any atom is -0.544 e. The Kier molecular flexibility index (Phi) is 37.0. The number of unbranched alkanes of at least 4 members (excludes halogenated alkanes) is 11. The maximum absolute atomic E-state index is 13.6. The van der Waals surface area contributed by atoms with Crippen molar-refractivity contribution in [2.24, 2.45) is 0 Å². The number of carbonyl (C=O) groups excluding carboxylic acids is 4. The van der Waals surface area contributed by atoms with Gasteiger partial charge in [0, 0.05) is 20.3 Å². The molecule has 5 heterocycles. The minimum absolute atomic E-state index is 0. The van der Waals surface area contributed by atoms with Gasteiger partial charge in [-0.05, 0) is 12.8 Å². The SMILES string of the molecule is CCCCCCCCCCCCC/C=C/[C@@H](O)[C@H](CO[C@@H]1O[C@H](CO)[C@@H](O[C@@H]2O[C@H](CO)[C@H](O[C@@H]3O[C@H](CO)[C@H](O)[C@H](O[C@@H]4O[C@H](CO)[C@H](O)[C@H](O)[C@H]4O)[C@H]3NC(C)=O)[C@H](O[C@]3(C(=O)[O-])C[C@H](O)[C@@H](NC(C)=O)[C@H]([C@H](O)[C@H](O)CO)O3)[C@H]2O)[C@H](O)[C@H]1O)NC(=O)C(Cl)Cl.[Na+]. The molecule has 540 valence electrons. The monoisotopic (exact) mass is 1410 g/mol. The molecule has 5 rings (SSSR count). The quantitative estimate of drug-likeness (QED) is 0.0119. The topological polar surface area (TPSA) is 543 Å². The second-order valence-electron chi connectivity index (χ2n) is 23.8. The Balaban J connectivity index is 0.0000188. The van der Waals surface area contributed by atoms with Crippen molar-refractivity contribution in [3.05, 3.63) is 12.2 Å². The number of carboxylic acids is 1. The first kappa shape index (κ1) is 84.6. The maximum Gasteiger partial charge on any atom is 1.00 e. The first-order chi connectivity index (χ1) is 44.1. The predicted octanol–water partition coefficient (Wildman–Crippen LogP) is -10.8. The van der Waals surface area contributed by atoms with E-state index in [4.69, 9.17) is 70.6 Å². The Bertz CT molecular complexity index is 2280. The van der Waals surface area contributed by atoms with Crippen molar-refractivity contribution in [2.45, 2.75) is 280 Å². The molecular formula is C57H96Cl2N3NaO31. The zero-order valence-corrected chi connectivity index (χ0v) is 56.3. The molecule has 0 spiro atoms. The molecule has 5 aliphatic heterocycles. The van der Waals surface area contributed by atoms with Gasteiger partial charge >= 0.3 is 29.6 Å². The number of aliphatic hydroxyl groups excluding tert-OH is 16. The fourth-order valence-corrected chi connectivity index (χ4v) is 11.7. The van der Waals surface area contributed by atoms with E-state index in [0.29, 0.717) is 6.42 Å². The van der Waals surface area contributed by atoms with E-state index < -0.39 is 246 Å². The number of nitrogens with one attached hydrogen (secondary N) is 3. The van der Waals surface area contributed by atoms with E-state index >= 15 is 0 Å². The number of hydrogen-bond donors (Lipinski definition) is 19. The van der Waals surface area contributed by atoms with Gasteiger partial charge in [-0.25, -0.2) is 0 Å². The molecule has 0 radical (unpaired) electrons. The largest absolute Gasteiger partial charge is 1.00 e. The van der Waals surface area contributed by atoms with Gasteiger partial charge in [-0.2, -0.15) is 0 Å². The van der Waals surface area contributed by atoms with E-state index in [-0.39, 0.29) is 29.6 Å². The molecule has 3 amide bonds. The molecule has 34 nitrogen and oxygen atoms in total. The van der Waals surface area contributed by atoms with Crippen LogP contribution in [0.25, 0.3) is 0 Å². The summed E-state index contributed by atoms with van der Waals surface area (Å²) >= 11 is 11.6. The second kappa shape index (κ2) is 41.2. The van der Waals surface area contributed by atoms with Crippen LogP contribution in [-0.4, -0.2) is 321 Å². The number of amides is 3. The van der Waals surface area contributed by atoms with Crippen LogP contribution in [0.15, 0.2) is 12.2 Å². The van der Waals surface area contributed by atoms with Crippen molar-refractivity contribution < 1.29 is 183 Å². The van der Waals surface area contributed by atoms with E-state index in [1.165, 1.54) is 44.6 Å². The summed E-state index contributed by atoms with van der Waals surface area (Å²) in [6.45, 7) is -2.26. The summed E-state index contributed by atoms with van der Waals surface area (Å²) in [5.41, 5.74) is 0. The van der Waals surface area contributed by atoms with Gasteiger partial charge in [0.1, 0.15) is 122 Å². The Labute approximate surface area is 574 Å². The summed E-state index contributed by atoms with van der Waals surface area (Å²) < 4.78 is 58.9. The molecule has 94 heavy (non-hydrogen) atoms. The summed E-state index contributed by atoms with van der Waals surface area (Å²) in [5.74, 6) is -8.71. The van der Waals surface area contributed by atoms with E-state index in [1.807, 2.05) is 0 Å². The van der Waals surface area contributed by atoms with Crippen molar-refractivity contribution in [3.8, 4) is 0 Å². The first-order valence-corrected chi connectivity index (χ1v) is 32.1. The fourth-order valence-electron chi connectivity index (χ4n) is 11.6. The number of carbonyl (C=O) groups is 4. The molecule has 37 heteroatoms. The van der Waals surface area contributed by atoms with Gasteiger partial charge in [-0.3, -0.25) is 14.4 Å². The molecule has 0 aromatic heterocycles. The smallest absolute Gasteiger partial charge is 0.544 e. The van der Waals surface area contributed by atoms with Crippen LogP contribution < -0.4 is 50.6 Å². The molecule has 19 N–H and O–H groups in total. The van der Waals surface area contributed by atoms with Crippen LogP contribution in [-0.2, 0) is 66.5 Å². The molecule has 0 aliphatic carbocycles. The number of allylic oxidation sites excluding steroid dienone is 1. The number of hydrogen-bond acceptors (Lipinski definition) is 31. The molecule has 5 aliphatic rings. The third kappa shape index (κ3) is 22.8. The zero-order valence-electron chi connectivity index (χ0n) is 52.8. The Morgan fingerprint density at radius 3 is 1.64 bits per heavy atom. The maximum atomic E-state index is 13.6. The van der Waals surface area contributed by atoms with Crippen molar-refractivity contribution in [1.82, 2.24) is 16.0 Å². The number of aliphatic carboxylic acids is 1. The van der Waals surface area contributed by atoms with Crippen LogP contribution in [0.5, 0.6) is 0 Å². The van der Waals surface area contributed by atoms with E-state index in [1.54, 1.807) is 6.08 Å². The van der Waals surface area contributed by atoms with E-state index in [2.05, 4.69) is 22.9 Å². The number of carboxylic acid groups (broad SMARTS) is 1. The third-order valence-corrected chi connectivity index (χ3v) is 17.1. The molecule has 0 unspecified atom stereocenters. The minimum atomic E-state index is -3.50. The second-order valence-corrected chi connectivity index (χ2v) is 24.9.